The molecule has 0 aliphatic carbocycles. The highest BCUT2D eigenvalue weighted by atomic mass is 16.5. The van der Waals surface area contributed by atoms with Gasteiger partial charge in [0, 0.05) is 23.5 Å². The number of rotatable bonds is 3. The molecule has 0 bridgehead atoms. The van der Waals surface area contributed by atoms with Gasteiger partial charge in [-0.1, -0.05) is 61.4 Å². The van der Waals surface area contributed by atoms with Gasteiger partial charge in [-0.25, -0.2) is 0 Å². The van der Waals surface area contributed by atoms with Gasteiger partial charge in [0.05, 0.1) is 5.70 Å². The molecule has 7 heteroatoms. The summed E-state index contributed by atoms with van der Waals surface area (Å²) in [6.45, 7) is 4.40. The number of anilines is 1. The molecule has 6 rings (SSSR count). The van der Waals surface area contributed by atoms with Crippen molar-refractivity contribution in [2.45, 2.75) is 31.9 Å². The SMILES string of the molecule is CC(C)c1ccc([C@@H]2Oc3ccccc3C3=C2[C@H](c2cccnc2)n2nnnc2N3)cc1. The maximum Gasteiger partial charge on any atom is 0.248 e. The molecular formula is C25H22N6O. The van der Waals surface area contributed by atoms with Gasteiger partial charge in [0.1, 0.15) is 17.9 Å². The third-order valence-corrected chi connectivity index (χ3v) is 6.15. The zero-order valence-corrected chi connectivity index (χ0v) is 17.8. The van der Waals surface area contributed by atoms with E-state index in [2.05, 4.69) is 76.1 Å². The number of benzene rings is 2. The van der Waals surface area contributed by atoms with E-state index in [4.69, 9.17) is 4.74 Å². The number of tetrazole rings is 1. The van der Waals surface area contributed by atoms with Gasteiger partial charge in [-0.05, 0) is 51.2 Å². The van der Waals surface area contributed by atoms with Crippen LogP contribution in [0.25, 0.3) is 5.70 Å². The number of pyridine rings is 1. The fourth-order valence-electron chi connectivity index (χ4n) is 4.53. The number of ether oxygens (including phenoxy) is 1. The van der Waals surface area contributed by atoms with Crippen molar-refractivity contribution >= 4 is 11.6 Å². The maximum atomic E-state index is 6.63. The van der Waals surface area contributed by atoms with E-state index in [1.165, 1.54) is 5.56 Å². The molecule has 32 heavy (non-hydrogen) atoms. The van der Waals surface area contributed by atoms with Gasteiger partial charge < -0.3 is 10.1 Å². The average molecular weight is 422 g/mol. The second-order valence-electron chi connectivity index (χ2n) is 8.41. The van der Waals surface area contributed by atoms with E-state index in [9.17, 15) is 0 Å². The molecule has 0 saturated heterocycles. The van der Waals surface area contributed by atoms with Crippen molar-refractivity contribution in [2.24, 2.45) is 0 Å². The first-order valence-corrected chi connectivity index (χ1v) is 10.8. The summed E-state index contributed by atoms with van der Waals surface area (Å²) in [4.78, 5) is 4.36. The van der Waals surface area contributed by atoms with E-state index in [1.54, 1.807) is 6.20 Å². The highest BCUT2D eigenvalue weighted by Crippen LogP contribution is 2.50. The van der Waals surface area contributed by atoms with Crippen molar-refractivity contribution in [3.63, 3.8) is 0 Å². The first-order valence-electron chi connectivity index (χ1n) is 10.8. The van der Waals surface area contributed by atoms with Gasteiger partial charge in [-0.2, -0.15) is 4.68 Å². The highest BCUT2D eigenvalue weighted by Gasteiger charge is 2.41. The summed E-state index contributed by atoms with van der Waals surface area (Å²) in [6, 6.07) is 20.5. The molecule has 0 amide bonds. The number of fused-ring (bicyclic) bond motifs is 3. The van der Waals surface area contributed by atoms with Gasteiger partial charge in [-0.15, -0.1) is 0 Å². The number of aromatic nitrogens is 5. The Hall–Kier alpha value is -4.00. The van der Waals surface area contributed by atoms with Crippen LogP contribution in [-0.2, 0) is 0 Å². The Morgan fingerprint density at radius 2 is 1.81 bits per heavy atom. The molecule has 1 N–H and O–H groups in total. The minimum Gasteiger partial charge on any atom is -0.480 e. The van der Waals surface area contributed by atoms with Crippen LogP contribution in [0.2, 0.25) is 0 Å². The minimum absolute atomic E-state index is 0.243. The fraction of sp³-hybridized carbons (Fsp3) is 0.200. The monoisotopic (exact) mass is 422 g/mol. The molecule has 2 aliphatic heterocycles. The van der Waals surface area contributed by atoms with E-state index in [0.29, 0.717) is 11.9 Å². The third-order valence-electron chi connectivity index (χ3n) is 6.15. The van der Waals surface area contributed by atoms with E-state index in [-0.39, 0.29) is 12.1 Å². The number of hydrogen-bond acceptors (Lipinski definition) is 6. The van der Waals surface area contributed by atoms with E-state index < -0.39 is 0 Å². The Balaban J connectivity index is 1.58. The van der Waals surface area contributed by atoms with Crippen LogP contribution in [0, 0.1) is 0 Å². The highest BCUT2D eigenvalue weighted by molar-refractivity contribution is 5.85. The largest absolute Gasteiger partial charge is 0.480 e. The molecule has 0 radical (unpaired) electrons. The quantitative estimate of drug-likeness (QED) is 0.513. The van der Waals surface area contributed by atoms with Gasteiger partial charge in [0.2, 0.25) is 5.95 Å². The molecule has 158 valence electrons. The second-order valence-corrected chi connectivity index (χ2v) is 8.41. The Kier molecular flexibility index (Phi) is 4.28. The number of para-hydroxylation sites is 1. The molecule has 7 nitrogen and oxygen atoms in total. The zero-order valence-electron chi connectivity index (χ0n) is 17.8. The first kappa shape index (κ1) is 18.7. The molecule has 0 saturated carbocycles. The van der Waals surface area contributed by atoms with Crippen molar-refractivity contribution in [3.8, 4) is 5.75 Å². The topological polar surface area (TPSA) is 77.8 Å². The van der Waals surface area contributed by atoms with Crippen LogP contribution >= 0.6 is 0 Å². The lowest BCUT2D eigenvalue weighted by molar-refractivity contribution is 0.222. The van der Waals surface area contributed by atoms with Gasteiger partial charge in [0.25, 0.3) is 0 Å². The van der Waals surface area contributed by atoms with Gasteiger partial charge in [0.15, 0.2) is 0 Å². The van der Waals surface area contributed by atoms with Crippen LogP contribution in [0.15, 0.2) is 78.6 Å². The van der Waals surface area contributed by atoms with Crippen molar-refractivity contribution < 1.29 is 4.74 Å². The summed E-state index contributed by atoms with van der Waals surface area (Å²) in [6.07, 6.45) is 3.34. The molecular weight excluding hydrogens is 400 g/mol. The van der Waals surface area contributed by atoms with Crippen LogP contribution < -0.4 is 10.1 Å². The van der Waals surface area contributed by atoms with Crippen LogP contribution in [0.5, 0.6) is 5.75 Å². The zero-order chi connectivity index (χ0) is 21.7. The van der Waals surface area contributed by atoms with Crippen molar-refractivity contribution in [1.82, 2.24) is 25.2 Å². The smallest absolute Gasteiger partial charge is 0.248 e. The average Bonchev–Trinajstić information content (AvgIpc) is 3.31. The summed E-state index contributed by atoms with van der Waals surface area (Å²) in [5, 5.41) is 15.9. The molecule has 4 aromatic rings. The molecule has 2 atom stereocenters. The molecule has 4 heterocycles. The standard InChI is InChI=1S/C25H22N6O/c1-15(2)16-9-11-17(12-10-16)24-21-22(19-7-3-4-8-20(19)32-24)27-25-28-29-30-31(25)23(21)18-6-5-13-26-14-18/h3-15,23-24H,1-2H3,(H,27,28,30)/t23-,24-/m0/s1. The van der Waals surface area contributed by atoms with Crippen LogP contribution in [-0.4, -0.2) is 25.2 Å². The summed E-state index contributed by atoms with van der Waals surface area (Å²) >= 11 is 0. The van der Waals surface area contributed by atoms with Crippen molar-refractivity contribution in [3.05, 3.63) is 101 Å². The van der Waals surface area contributed by atoms with Gasteiger partial charge >= 0.3 is 0 Å². The maximum absolute atomic E-state index is 6.63. The molecule has 2 aromatic carbocycles. The first-order chi connectivity index (χ1) is 15.7. The number of hydrogen-bond donors (Lipinski definition) is 1. The second kappa shape index (κ2) is 7.30. The lowest BCUT2D eigenvalue weighted by Gasteiger charge is -2.38. The van der Waals surface area contributed by atoms with Crippen molar-refractivity contribution in [1.29, 1.82) is 0 Å². The molecule has 2 aliphatic rings. The number of nitrogens with one attached hydrogen (secondary N) is 1. The molecule has 0 unspecified atom stereocenters. The fourth-order valence-corrected chi connectivity index (χ4v) is 4.53. The normalized spacial score (nSPS) is 19.0. The summed E-state index contributed by atoms with van der Waals surface area (Å²) in [7, 11) is 0. The van der Waals surface area contributed by atoms with E-state index >= 15 is 0 Å². The summed E-state index contributed by atoms with van der Waals surface area (Å²) in [5.74, 6) is 1.90. The third kappa shape index (κ3) is 2.89. The minimum atomic E-state index is -0.295. The molecule has 2 aromatic heterocycles. The van der Waals surface area contributed by atoms with Crippen molar-refractivity contribution in [2.75, 3.05) is 5.32 Å². The Bertz CT molecular complexity index is 1310. The van der Waals surface area contributed by atoms with E-state index in [0.717, 1.165) is 33.7 Å². The summed E-state index contributed by atoms with van der Waals surface area (Å²) < 4.78 is 8.44. The lowest BCUT2D eigenvalue weighted by Crippen LogP contribution is -2.32. The van der Waals surface area contributed by atoms with Crippen LogP contribution in [0.1, 0.15) is 54.2 Å². The van der Waals surface area contributed by atoms with Crippen LogP contribution in [0.4, 0.5) is 5.95 Å². The lowest BCUT2D eigenvalue weighted by atomic mass is 9.84. The molecule has 0 spiro atoms. The van der Waals surface area contributed by atoms with E-state index in [1.807, 2.05) is 35.1 Å². The number of nitrogens with zero attached hydrogens (tertiary/aromatic N) is 5. The Labute approximate surface area is 185 Å². The van der Waals surface area contributed by atoms with Crippen LogP contribution in [0.3, 0.4) is 0 Å². The Morgan fingerprint density at radius 3 is 2.59 bits per heavy atom. The predicted molar refractivity (Wildman–Crippen MR) is 121 cm³/mol. The Morgan fingerprint density at radius 1 is 0.969 bits per heavy atom. The molecule has 0 fully saturated rings. The predicted octanol–water partition coefficient (Wildman–Crippen LogP) is 4.75. The van der Waals surface area contributed by atoms with Gasteiger partial charge in [-0.3, -0.25) is 4.98 Å². The summed E-state index contributed by atoms with van der Waals surface area (Å²) in [5.41, 5.74) is 6.44.